The Labute approximate surface area is 318 Å². The molecule has 1 saturated heterocycles. The van der Waals surface area contributed by atoms with Crippen LogP contribution < -0.4 is 4.74 Å². The second kappa shape index (κ2) is 20.0. The van der Waals surface area contributed by atoms with E-state index >= 15 is 0 Å². The minimum atomic E-state index is -1.26. The molecule has 10 heteroatoms. The zero-order valence-electron chi connectivity index (χ0n) is 31.6. The average molecular weight is 741 g/mol. The molecular weight excluding hydrogens is 688 g/mol. The molecule has 2 aliphatic rings. The van der Waals surface area contributed by atoms with Gasteiger partial charge in [0.15, 0.2) is 18.5 Å². The van der Waals surface area contributed by atoms with Crippen LogP contribution in [0.4, 0.5) is 0 Å². The van der Waals surface area contributed by atoms with Crippen LogP contribution >= 0.6 is 0 Å². The Balaban J connectivity index is 1.05. The number of benzene rings is 3. The van der Waals surface area contributed by atoms with Crippen LogP contribution in [0.2, 0.25) is 0 Å². The zero-order valence-corrected chi connectivity index (χ0v) is 31.6. The first-order chi connectivity index (χ1) is 26.2. The Hall–Kier alpha value is -4.80. The van der Waals surface area contributed by atoms with Crippen molar-refractivity contribution in [2.75, 3.05) is 19.8 Å². The standard InChI is InChI=1S/C44H52O10/c1-5-49-42(47)38-39(43(48)50-6-2)54-44(53-38)36-24-26-37(27-25-36)52-41(46)35-22-20-34(21-23-35)33-18-16-32(17-19-33)31-14-12-30(13-15-31)11-9-7-8-10-28-51-40(45)29(3)4/h16-27,30-31,38-39,44H,3,5-15,28H2,1-2,4H3/t30?,31?,38-,39-/m1/s1. The van der Waals surface area contributed by atoms with Crippen molar-refractivity contribution >= 4 is 23.9 Å². The number of ether oxygens (including phenoxy) is 6. The summed E-state index contributed by atoms with van der Waals surface area (Å²) < 4.78 is 32.3. The van der Waals surface area contributed by atoms with Crippen LogP contribution in [-0.4, -0.2) is 55.9 Å². The number of carbonyl (C=O) groups excluding carboxylic acids is 4. The van der Waals surface area contributed by atoms with Crippen molar-refractivity contribution in [3.05, 3.63) is 102 Å². The quantitative estimate of drug-likeness (QED) is 0.0436. The van der Waals surface area contributed by atoms with Gasteiger partial charge in [-0.1, -0.05) is 80.8 Å². The predicted octanol–water partition coefficient (Wildman–Crippen LogP) is 8.83. The molecule has 0 amide bonds. The molecule has 3 aromatic rings. The molecule has 0 radical (unpaired) electrons. The minimum absolute atomic E-state index is 0.125. The zero-order chi connectivity index (χ0) is 38.5. The predicted molar refractivity (Wildman–Crippen MR) is 203 cm³/mol. The molecule has 5 rings (SSSR count). The maximum absolute atomic E-state index is 13.0. The smallest absolute Gasteiger partial charge is 0.343 e. The summed E-state index contributed by atoms with van der Waals surface area (Å²) in [5.41, 5.74) is 4.88. The molecule has 2 atom stereocenters. The summed E-state index contributed by atoms with van der Waals surface area (Å²) in [6, 6.07) is 22.6. The highest BCUT2D eigenvalue weighted by atomic mass is 16.8. The molecule has 10 nitrogen and oxygen atoms in total. The monoisotopic (exact) mass is 740 g/mol. The van der Waals surface area contributed by atoms with Crippen LogP contribution in [0.1, 0.15) is 112 Å². The third kappa shape index (κ3) is 11.1. The molecule has 0 unspecified atom stereocenters. The summed E-state index contributed by atoms with van der Waals surface area (Å²) in [7, 11) is 0. The Bertz CT molecular complexity index is 1680. The number of rotatable bonds is 17. The number of hydrogen-bond donors (Lipinski definition) is 0. The largest absolute Gasteiger partial charge is 0.464 e. The van der Waals surface area contributed by atoms with Gasteiger partial charge < -0.3 is 28.4 Å². The van der Waals surface area contributed by atoms with Gasteiger partial charge in [0.1, 0.15) is 5.75 Å². The van der Waals surface area contributed by atoms with E-state index in [-0.39, 0.29) is 19.2 Å². The van der Waals surface area contributed by atoms with E-state index in [1.165, 1.54) is 50.5 Å². The number of unbranched alkanes of at least 4 members (excludes halogenated alkanes) is 3. The molecule has 288 valence electrons. The molecule has 0 spiro atoms. The molecule has 54 heavy (non-hydrogen) atoms. The van der Waals surface area contributed by atoms with Crippen molar-refractivity contribution in [2.45, 2.75) is 103 Å². The lowest BCUT2D eigenvalue weighted by molar-refractivity contribution is -0.163. The van der Waals surface area contributed by atoms with Gasteiger partial charge in [-0.25, -0.2) is 19.2 Å². The third-order valence-corrected chi connectivity index (χ3v) is 9.99. The van der Waals surface area contributed by atoms with E-state index in [0.717, 1.165) is 29.9 Å². The van der Waals surface area contributed by atoms with Crippen LogP contribution in [0.5, 0.6) is 5.75 Å². The van der Waals surface area contributed by atoms with Gasteiger partial charge in [-0.2, -0.15) is 0 Å². The summed E-state index contributed by atoms with van der Waals surface area (Å²) in [4.78, 5) is 49.2. The number of carbonyl (C=O) groups is 4. The molecule has 1 heterocycles. The summed E-state index contributed by atoms with van der Waals surface area (Å²) in [6.45, 7) is 9.33. The highest BCUT2D eigenvalue weighted by Gasteiger charge is 2.47. The van der Waals surface area contributed by atoms with Crippen molar-refractivity contribution in [2.24, 2.45) is 5.92 Å². The lowest BCUT2D eigenvalue weighted by atomic mass is 9.77. The lowest BCUT2D eigenvalue weighted by Gasteiger charge is -2.29. The lowest BCUT2D eigenvalue weighted by Crippen LogP contribution is -2.39. The van der Waals surface area contributed by atoms with Gasteiger partial charge in [-0.3, -0.25) is 0 Å². The molecule has 0 aromatic heterocycles. The summed E-state index contributed by atoms with van der Waals surface area (Å²) in [5.74, 6) is -0.516. The molecule has 2 fully saturated rings. The van der Waals surface area contributed by atoms with Crippen molar-refractivity contribution in [1.82, 2.24) is 0 Å². The Morgan fingerprint density at radius 2 is 1.20 bits per heavy atom. The van der Waals surface area contributed by atoms with E-state index in [1.54, 1.807) is 57.2 Å². The Kier molecular flexibility index (Phi) is 15.0. The van der Waals surface area contributed by atoms with E-state index < -0.39 is 36.4 Å². The van der Waals surface area contributed by atoms with Crippen LogP contribution in [0, 0.1) is 5.92 Å². The highest BCUT2D eigenvalue weighted by molar-refractivity contribution is 5.91. The van der Waals surface area contributed by atoms with Gasteiger partial charge >= 0.3 is 23.9 Å². The van der Waals surface area contributed by atoms with Gasteiger partial charge in [0, 0.05) is 11.1 Å². The SMILES string of the molecule is C=C(C)C(=O)OCCCCCCC1CCC(c2ccc(-c3ccc(C(=O)Oc4ccc(C5O[C@@H](C(=O)OCC)[C@H](C(=O)OCC)O5)cc4)cc3)cc2)CC1. The van der Waals surface area contributed by atoms with Gasteiger partial charge in [0.25, 0.3) is 0 Å². The van der Waals surface area contributed by atoms with E-state index in [0.29, 0.717) is 35.0 Å². The first kappa shape index (κ1) is 40.4. The van der Waals surface area contributed by atoms with Crippen LogP contribution in [0.15, 0.2) is 84.9 Å². The van der Waals surface area contributed by atoms with Crippen LogP contribution in [-0.2, 0) is 38.1 Å². The summed E-state index contributed by atoms with van der Waals surface area (Å²) >= 11 is 0. The fraction of sp³-hybridized carbons (Fsp3) is 0.455. The van der Waals surface area contributed by atoms with Crippen molar-refractivity contribution in [3.8, 4) is 16.9 Å². The van der Waals surface area contributed by atoms with E-state index in [2.05, 4.69) is 30.8 Å². The molecule has 1 saturated carbocycles. The van der Waals surface area contributed by atoms with Crippen LogP contribution in [0.3, 0.4) is 0 Å². The third-order valence-electron chi connectivity index (χ3n) is 9.99. The summed E-state index contributed by atoms with van der Waals surface area (Å²) in [6.07, 6.45) is 7.12. The van der Waals surface area contributed by atoms with Crippen molar-refractivity contribution in [1.29, 1.82) is 0 Å². The molecular formula is C44H52O10. The molecule has 3 aromatic carbocycles. The topological polar surface area (TPSA) is 124 Å². The van der Waals surface area contributed by atoms with Gasteiger partial charge in [0.05, 0.1) is 25.4 Å². The fourth-order valence-electron chi connectivity index (χ4n) is 6.97. The first-order valence-electron chi connectivity index (χ1n) is 19.2. The molecule has 1 aliphatic carbocycles. The number of hydrogen-bond acceptors (Lipinski definition) is 10. The normalized spacial score (nSPS) is 19.8. The van der Waals surface area contributed by atoms with Crippen LogP contribution in [0.25, 0.3) is 11.1 Å². The van der Waals surface area contributed by atoms with E-state index in [4.69, 9.17) is 28.4 Å². The fourth-order valence-corrected chi connectivity index (χ4v) is 6.97. The second-order valence-corrected chi connectivity index (χ2v) is 13.9. The highest BCUT2D eigenvalue weighted by Crippen LogP contribution is 2.38. The Morgan fingerprint density at radius 1 is 0.667 bits per heavy atom. The van der Waals surface area contributed by atoms with E-state index in [1.807, 2.05) is 12.1 Å². The van der Waals surface area contributed by atoms with Gasteiger partial charge in [-0.15, -0.1) is 0 Å². The maximum Gasteiger partial charge on any atom is 0.343 e. The summed E-state index contributed by atoms with van der Waals surface area (Å²) in [5, 5.41) is 0. The minimum Gasteiger partial charge on any atom is -0.464 e. The van der Waals surface area contributed by atoms with Gasteiger partial charge in [0.2, 0.25) is 0 Å². The van der Waals surface area contributed by atoms with Crippen molar-refractivity contribution < 1.29 is 47.6 Å². The number of esters is 4. The van der Waals surface area contributed by atoms with Gasteiger partial charge in [-0.05, 0) is 106 Å². The average Bonchev–Trinajstić information content (AvgIpc) is 3.64. The Morgan fingerprint density at radius 3 is 1.76 bits per heavy atom. The molecule has 0 bridgehead atoms. The second-order valence-electron chi connectivity index (χ2n) is 13.9. The molecule has 1 aliphatic heterocycles. The first-order valence-corrected chi connectivity index (χ1v) is 19.2. The van der Waals surface area contributed by atoms with E-state index in [9.17, 15) is 19.2 Å². The molecule has 0 N–H and O–H groups in total. The van der Waals surface area contributed by atoms with Crippen molar-refractivity contribution in [3.63, 3.8) is 0 Å². The maximum atomic E-state index is 13.0.